The quantitative estimate of drug-likeness (QED) is 0.869. The Kier molecular flexibility index (Phi) is 4.63. The second-order valence-corrected chi connectivity index (χ2v) is 6.72. The molecular formula is C18H17N3O2S. The van der Waals surface area contributed by atoms with Crippen LogP contribution >= 0.6 is 11.3 Å². The molecular weight excluding hydrogens is 322 g/mol. The Hall–Kier alpha value is -2.65. The Morgan fingerprint density at radius 3 is 2.96 bits per heavy atom. The van der Waals surface area contributed by atoms with E-state index < -0.39 is 0 Å². The smallest absolute Gasteiger partial charge is 0.242 e. The van der Waals surface area contributed by atoms with Crippen molar-refractivity contribution in [3.63, 3.8) is 0 Å². The second kappa shape index (κ2) is 6.85. The third-order valence-electron chi connectivity index (χ3n) is 4.14. The van der Waals surface area contributed by atoms with E-state index in [0.29, 0.717) is 29.9 Å². The van der Waals surface area contributed by atoms with Gasteiger partial charge in [-0.05, 0) is 48.6 Å². The van der Waals surface area contributed by atoms with E-state index in [1.54, 1.807) is 29.5 Å². The minimum Gasteiger partial charge on any atom is -0.375 e. The van der Waals surface area contributed by atoms with Crippen LogP contribution in [0.1, 0.15) is 33.3 Å². The lowest BCUT2D eigenvalue weighted by atomic mass is 10.1. The van der Waals surface area contributed by atoms with Gasteiger partial charge in [-0.15, -0.1) is 11.3 Å². The number of Topliss-reactive ketones (excluding diaryl/α,β-unsaturated/α-hetero) is 1. The van der Waals surface area contributed by atoms with Gasteiger partial charge in [0.15, 0.2) is 5.78 Å². The van der Waals surface area contributed by atoms with Crippen LogP contribution < -0.4 is 5.32 Å². The maximum atomic E-state index is 12.4. The van der Waals surface area contributed by atoms with Crippen LogP contribution in [0.15, 0.2) is 29.6 Å². The number of hydrogen-bond acceptors (Lipinski definition) is 5. The average molecular weight is 339 g/mol. The molecule has 0 unspecified atom stereocenters. The van der Waals surface area contributed by atoms with Gasteiger partial charge in [-0.2, -0.15) is 5.26 Å². The summed E-state index contributed by atoms with van der Waals surface area (Å²) in [7, 11) is 0. The highest BCUT2D eigenvalue weighted by Gasteiger charge is 2.21. The number of carbonyl (C=O) groups is 2. The minimum absolute atomic E-state index is 0.0102. The number of nitriles is 1. The largest absolute Gasteiger partial charge is 0.375 e. The number of fused-ring (bicyclic) bond motifs is 1. The van der Waals surface area contributed by atoms with Crippen LogP contribution in [0, 0.1) is 11.3 Å². The van der Waals surface area contributed by atoms with Gasteiger partial charge in [-0.25, -0.2) is 0 Å². The number of nitrogens with zero attached hydrogens (tertiary/aromatic N) is 2. The summed E-state index contributed by atoms with van der Waals surface area (Å²) >= 11 is 1.74. The Bertz CT molecular complexity index is 835. The Morgan fingerprint density at radius 2 is 2.21 bits per heavy atom. The first-order valence-corrected chi connectivity index (χ1v) is 8.58. The number of anilines is 1. The van der Waals surface area contributed by atoms with Crippen LogP contribution in [0.5, 0.6) is 0 Å². The second-order valence-electron chi connectivity index (χ2n) is 5.72. The Morgan fingerprint density at radius 1 is 1.38 bits per heavy atom. The van der Waals surface area contributed by atoms with Gasteiger partial charge < -0.3 is 10.2 Å². The van der Waals surface area contributed by atoms with Crippen LogP contribution in [0.2, 0.25) is 0 Å². The summed E-state index contributed by atoms with van der Waals surface area (Å²) in [6, 6.07) is 8.99. The highest BCUT2D eigenvalue weighted by atomic mass is 32.1. The van der Waals surface area contributed by atoms with Crippen LogP contribution in [-0.2, 0) is 17.8 Å². The summed E-state index contributed by atoms with van der Waals surface area (Å²) in [5.74, 6) is -0.0844. The summed E-state index contributed by atoms with van der Waals surface area (Å²) in [6.07, 6.45) is 0.891. The maximum Gasteiger partial charge on any atom is 0.242 e. The van der Waals surface area contributed by atoms with Crippen LogP contribution in [0.4, 0.5) is 5.69 Å². The van der Waals surface area contributed by atoms with Crippen LogP contribution in [0.25, 0.3) is 0 Å². The molecule has 0 spiro atoms. The normalized spacial score (nSPS) is 13.1. The molecule has 1 aliphatic rings. The van der Waals surface area contributed by atoms with E-state index in [-0.39, 0.29) is 18.2 Å². The first-order valence-electron chi connectivity index (χ1n) is 7.70. The molecule has 1 amide bonds. The molecule has 6 heteroatoms. The number of thiophene rings is 1. The number of benzene rings is 1. The van der Waals surface area contributed by atoms with E-state index >= 15 is 0 Å². The predicted molar refractivity (Wildman–Crippen MR) is 93.1 cm³/mol. The molecule has 24 heavy (non-hydrogen) atoms. The lowest BCUT2D eigenvalue weighted by Crippen LogP contribution is -2.38. The molecule has 2 aromatic rings. The third-order valence-corrected chi connectivity index (χ3v) is 5.16. The SMILES string of the molecule is CC(=O)c1ccc(C#N)c(NCC(=O)N2CCc3sccc3C2)c1. The molecule has 5 nitrogen and oxygen atoms in total. The fourth-order valence-corrected chi connectivity index (χ4v) is 3.64. The fraction of sp³-hybridized carbons (Fsp3) is 0.278. The number of ketones is 1. The summed E-state index contributed by atoms with van der Waals surface area (Å²) in [6.45, 7) is 2.93. The minimum atomic E-state index is -0.0742. The van der Waals surface area contributed by atoms with Gasteiger partial charge in [0.25, 0.3) is 0 Å². The first-order chi connectivity index (χ1) is 11.6. The molecule has 1 N–H and O–H groups in total. The van der Waals surface area contributed by atoms with Gasteiger partial charge in [0.2, 0.25) is 5.91 Å². The van der Waals surface area contributed by atoms with Gasteiger partial charge >= 0.3 is 0 Å². The molecule has 0 atom stereocenters. The van der Waals surface area contributed by atoms with Crippen molar-refractivity contribution in [3.8, 4) is 6.07 Å². The molecule has 0 aliphatic carbocycles. The van der Waals surface area contributed by atoms with Crippen molar-refractivity contribution in [1.29, 1.82) is 5.26 Å². The molecule has 0 bridgehead atoms. The zero-order valence-corrected chi connectivity index (χ0v) is 14.2. The van der Waals surface area contributed by atoms with Crippen LogP contribution in [0.3, 0.4) is 0 Å². The number of amides is 1. The lowest BCUT2D eigenvalue weighted by molar-refractivity contribution is -0.130. The molecule has 2 heterocycles. The molecule has 1 aliphatic heterocycles. The average Bonchev–Trinajstić information content (AvgIpc) is 3.06. The van der Waals surface area contributed by atoms with E-state index in [2.05, 4.69) is 22.8 Å². The van der Waals surface area contributed by atoms with Crippen molar-refractivity contribution in [2.75, 3.05) is 18.4 Å². The molecule has 3 rings (SSSR count). The Balaban J connectivity index is 1.67. The van der Waals surface area contributed by atoms with E-state index in [9.17, 15) is 14.9 Å². The van der Waals surface area contributed by atoms with Gasteiger partial charge in [0.05, 0.1) is 17.8 Å². The van der Waals surface area contributed by atoms with Gasteiger partial charge in [0, 0.05) is 23.5 Å². The third kappa shape index (κ3) is 3.31. The summed E-state index contributed by atoms with van der Waals surface area (Å²) < 4.78 is 0. The van der Waals surface area contributed by atoms with Gasteiger partial charge in [-0.3, -0.25) is 9.59 Å². The zero-order valence-electron chi connectivity index (χ0n) is 13.3. The molecule has 0 saturated heterocycles. The van der Waals surface area contributed by atoms with Crippen molar-refractivity contribution in [2.24, 2.45) is 0 Å². The van der Waals surface area contributed by atoms with Crippen molar-refractivity contribution >= 4 is 28.7 Å². The van der Waals surface area contributed by atoms with E-state index in [1.807, 2.05) is 4.90 Å². The van der Waals surface area contributed by atoms with E-state index in [1.165, 1.54) is 17.4 Å². The molecule has 0 fully saturated rings. The first kappa shape index (κ1) is 16.2. The van der Waals surface area contributed by atoms with Crippen molar-refractivity contribution in [2.45, 2.75) is 19.9 Å². The summed E-state index contributed by atoms with van der Waals surface area (Å²) in [5, 5.41) is 14.2. The topological polar surface area (TPSA) is 73.2 Å². The number of hydrogen-bond donors (Lipinski definition) is 1. The summed E-state index contributed by atoms with van der Waals surface area (Å²) in [4.78, 5) is 27.1. The molecule has 122 valence electrons. The monoisotopic (exact) mass is 339 g/mol. The fourth-order valence-electron chi connectivity index (χ4n) is 2.75. The molecule has 1 aromatic carbocycles. The number of nitrogens with one attached hydrogen (secondary N) is 1. The highest BCUT2D eigenvalue weighted by molar-refractivity contribution is 7.10. The standard InChI is InChI=1S/C18H17N3O2S/c1-12(22)13-2-3-14(9-19)16(8-13)20-10-18(23)21-6-4-17-15(11-21)5-7-24-17/h2-3,5,7-8,20H,4,6,10-11H2,1H3. The molecule has 1 aromatic heterocycles. The van der Waals surface area contributed by atoms with Crippen LogP contribution in [-0.4, -0.2) is 29.7 Å². The maximum absolute atomic E-state index is 12.4. The van der Waals surface area contributed by atoms with Gasteiger partial charge in [-0.1, -0.05) is 0 Å². The lowest BCUT2D eigenvalue weighted by Gasteiger charge is -2.27. The number of carbonyl (C=O) groups excluding carboxylic acids is 2. The van der Waals surface area contributed by atoms with Gasteiger partial charge in [0.1, 0.15) is 6.07 Å². The van der Waals surface area contributed by atoms with Crippen molar-refractivity contribution in [1.82, 2.24) is 4.90 Å². The summed E-state index contributed by atoms with van der Waals surface area (Å²) in [5.41, 5.74) is 2.68. The highest BCUT2D eigenvalue weighted by Crippen LogP contribution is 2.24. The number of rotatable bonds is 4. The van der Waals surface area contributed by atoms with E-state index in [4.69, 9.17) is 0 Å². The molecule has 0 radical (unpaired) electrons. The molecule has 0 saturated carbocycles. The Labute approximate surface area is 144 Å². The van der Waals surface area contributed by atoms with E-state index in [0.717, 1.165) is 6.42 Å². The predicted octanol–water partition coefficient (Wildman–Crippen LogP) is 2.82. The van der Waals surface area contributed by atoms with Crippen molar-refractivity contribution in [3.05, 3.63) is 51.2 Å². The van der Waals surface area contributed by atoms with Crippen molar-refractivity contribution < 1.29 is 9.59 Å². The zero-order chi connectivity index (χ0) is 17.1.